The van der Waals surface area contributed by atoms with Crippen LogP contribution in [0.4, 0.5) is 5.69 Å². The quantitative estimate of drug-likeness (QED) is 0.360. The van der Waals surface area contributed by atoms with Crippen molar-refractivity contribution in [3.8, 4) is 11.1 Å². The summed E-state index contributed by atoms with van der Waals surface area (Å²) in [7, 11) is 2.09. The highest BCUT2D eigenvalue weighted by atomic mass is 32.2. The number of sulfonamides is 1. The summed E-state index contributed by atoms with van der Waals surface area (Å²) in [6.07, 6.45) is 1.81. The van der Waals surface area contributed by atoms with E-state index in [9.17, 15) is 8.42 Å². The predicted molar refractivity (Wildman–Crippen MR) is 136 cm³/mol. The van der Waals surface area contributed by atoms with Crippen molar-refractivity contribution in [1.82, 2.24) is 14.9 Å². The Morgan fingerprint density at radius 1 is 0.970 bits per heavy atom. The average molecular weight is 477 g/mol. The maximum absolute atomic E-state index is 13.1. The molecule has 5 aromatic rings. The summed E-state index contributed by atoms with van der Waals surface area (Å²) in [5, 5.41) is 3.70. The van der Waals surface area contributed by atoms with Crippen LogP contribution in [0.3, 0.4) is 0 Å². The topological polar surface area (TPSA) is 69.3 Å². The van der Waals surface area contributed by atoms with Crippen molar-refractivity contribution in [2.45, 2.75) is 10.8 Å². The number of hydrogen-bond donors (Lipinski definition) is 1. The van der Waals surface area contributed by atoms with E-state index in [0.717, 1.165) is 39.6 Å². The smallest absolute Gasteiger partial charge is 0.273 e. The van der Waals surface area contributed by atoms with Crippen LogP contribution >= 0.6 is 11.3 Å². The summed E-state index contributed by atoms with van der Waals surface area (Å²) in [6.45, 7) is 0.815. The van der Waals surface area contributed by atoms with Gasteiger partial charge in [-0.15, -0.1) is 11.3 Å². The number of hydrogen-bond acceptors (Lipinski definition) is 5. The highest BCUT2D eigenvalue weighted by Gasteiger charge is 2.23. The molecule has 0 fully saturated rings. The van der Waals surface area contributed by atoms with Crippen LogP contribution in [0.5, 0.6) is 0 Å². The zero-order chi connectivity index (χ0) is 23.2. The molecule has 1 N–H and O–H groups in total. The Morgan fingerprint density at radius 3 is 2.55 bits per heavy atom. The normalized spacial score (nSPS) is 12.1. The number of fused-ring (bicyclic) bond motifs is 3. The molecule has 2 aromatic carbocycles. The van der Waals surface area contributed by atoms with E-state index in [1.165, 1.54) is 21.2 Å². The van der Waals surface area contributed by atoms with Gasteiger partial charge in [0.25, 0.3) is 10.0 Å². The third kappa shape index (κ3) is 3.80. The van der Waals surface area contributed by atoms with Gasteiger partial charge in [-0.2, -0.15) is 0 Å². The highest BCUT2D eigenvalue weighted by Crippen LogP contribution is 2.37. The third-order valence-corrected chi connectivity index (χ3v) is 8.90. The van der Waals surface area contributed by atoms with Gasteiger partial charge in [-0.1, -0.05) is 30.3 Å². The van der Waals surface area contributed by atoms with Crippen molar-refractivity contribution >= 4 is 49.0 Å². The molecule has 0 aliphatic carbocycles. The van der Waals surface area contributed by atoms with E-state index in [0.29, 0.717) is 9.90 Å². The molecule has 3 aromatic heterocycles. The first kappa shape index (κ1) is 21.6. The molecular formula is C25H24N4O2S2. The molecule has 33 heavy (non-hydrogen) atoms. The Morgan fingerprint density at radius 2 is 1.79 bits per heavy atom. The van der Waals surface area contributed by atoms with E-state index in [2.05, 4.69) is 47.2 Å². The average Bonchev–Trinajstić information content (AvgIpc) is 3.46. The van der Waals surface area contributed by atoms with E-state index >= 15 is 0 Å². The summed E-state index contributed by atoms with van der Waals surface area (Å²) in [6, 6.07) is 19.4. The van der Waals surface area contributed by atoms with Crippen LogP contribution in [0.15, 0.2) is 76.4 Å². The lowest BCUT2D eigenvalue weighted by molar-refractivity contribution is 0.403. The van der Waals surface area contributed by atoms with Crippen LogP contribution in [0, 0.1) is 0 Å². The molecular weight excluding hydrogens is 452 g/mol. The van der Waals surface area contributed by atoms with Crippen LogP contribution in [0.25, 0.3) is 33.1 Å². The largest absolute Gasteiger partial charge is 0.339 e. The lowest BCUT2D eigenvalue weighted by Gasteiger charge is -2.18. The van der Waals surface area contributed by atoms with Gasteiger partial charge in [-0.25, -0.2) is 13.4 Å². The van der Waals surface area contributed by atoms with Crippen LogP contribution < -0.4 is 4.31 Å². The second-order valence-corrected chi connectivity index (χ2v) is 11.4. The van der Waals surface area contributed by atoms with Gasteiger partial charge in [-0.3, -0.25) is 4.31 Å². The Bertz CT molecular complexity index is 1550. The van der Waals surface area contributed by atoms with Crippen molar-refractivity contribution in [3.05, 3.63) is 77.8 Å². The van der Waals surface area contributed by atoms with Crippen molar-refractivity contribution in [3.63, 3.8) is 0 Å². The highest BCUT2D eigenvalue weighted by molar-refractivity contribution is 7.94. The Hall–Kier alpha value is -3.20. The van der Waals surface area contributed by atoms with E-state index in [1.54, 1.807) is 24.6 Å². The van der Waals surface area contributed by atoms with Crippen molar-refractivity contribution in [2.75, 3.05) is 25.4 Å². The molecule has 0 spiro atoms. The first-order chi connectivity index (χ1) is 15.9. The van der Waals surface area contributed by atoms with Crippen molar-refractivity contribution < 1.29 is 8.42 Å². The first-order valence-corrected chi connectivity index (χ1v) is 12.8. The molecule has 0 radical (unpaired) electrons. The Labute approximate surface area is 197 Å². The lowest BCUT2D eigenvalue weighted by atomic mass is 9.96. The molecule has 0 bridgehead atoms. The molecule has 0 amide bonds. The molecule has 0 aliphatic heterocycles. The van der Waals surface area contributed by atoms with Crippen LogP contribution in [-0.2, 0) is 16.6 Å². The summed E-state index contributed by atoms with van der Waals surface area (Å²) < 4.78 is 27.8. The van der Waals surface area contributed by atoms with Gasteiger partial charge in [0.15, 0.2) is 0 Å². The number of nitrogens with one attached hydrogen (secondary N) is 1. The minimum atomic E-state index is -3.62. The van der Waals surface area contributed by atoms with Crippen molar-refractivity contribution in [2.24, 2.45) is 0 Å². The molecule has 0 saturated carbocycles. The fourth-order valence-corrected chi connectivity index (χ4v) is 6.52. The van der Waals surface area contributed by atoms with Gasteiger partial charge in [0, 0.05) is 36.1 Å². The number of nitrogens with zero attached hydrogens (tertiary/aromatic N) is 3. The van der Waals surface area contributed by atoms with Crippen molar-refractivity contribution in [1.29, 1.82) is 0 Å². The maximum atomic E-state index is 13.1. The summed E-state index contributed by atoms with van der Waals surface area (Å²) in [5.74, 6) is 0. The molecule has 5 rings (SSSR count). The number of thiophene rings is 1. The Balaban J connectivity index is 1.70. The van der Waals surface area contributed by atoms with Gasteiger partial charge in [-0.05, 0) is 66.5 Å². The van der Waals surface area contributed by atoms with Crippen LogP contribution in [0.1, 0.15) is 5.56 Å². The van der Waals surface area contributed by atoms with Gasteiger partial charge in [0.2, 0.25) is 0 Å². The van der Waals surface area contributed by atoms with E-state index in [4.69, 9.17) is 0 Å². The SMILES string of the molecule is CN(C)Cc1ccccc1-c1ccnc2[nH]c3ccc(N(C)S(=O)(=O)c4cccs4)cc3c12. The van der Waals surface area contributed by atoms with Crippen LogP contribution in [-0.4, -0.2) is 44.4 Å². The molecule has 3 heterocycles. The summed E-state index contributed by atoms with van der Waals surface area (Å²) >= 11 is 1.22. The van der Waals surface area contributed by atoms with Gasteiger partial charge < -0.3 is 9.88 Å². The number of aromatic amines is 1. The molecule has 0 saturated heterocycles. The molecule has 6 nitrogen and oxygen atoms in total. The number of aromatic nitrogens is 2. The summed E-state index contributed by atoms with van der Waals surface area (Å²) in [5.41, 5.74) is 5.74. The summed E-state index contributed by atoms with van der Waals surface area (Å²) in [4.78, 5) is 10.1. The molecule has 168 valence electrons. The molecule has 8 heteroatoms. The fraction of sp³-hybridized carbons (Fsp3) is 0.160. The number of H-pyrrole nitrogens is 1. The maximum Gasteiger partial charge on any atom is 0.273 e. The number of rotatable bonds is 6. The number of pyridine rings is 1. The number of anilines is 1. The first-order valence-electron chi connectivity index (χ1n) is 10.5. The fourth-order valence-electron chi connectivity index (χ4n) is 4.17. The minimum absolute atomic E-state index is 0.323. The Kier molecular flexibility index (Phi) is 5.44. The molecule has 0 atom stereocenters. The van der Waals surface area contributed by atoms with Gasteiger partial charge >= 0.3 is 0 Å². The second kappa shape index (κ2) is 8.30. The lowest BCUT2D eigenvalue weighted by Crippen LogP contribution is -2.25. The van der Waals surface area contributed by atoms with Gasteiger partial charge in [0.1, 0.15) is 9.86 Å². The second-order valence-electron chi connectivity index (χ2n) is 8.24. The zero-order valence-corrected chi connectivity index (χ0v) is 20.2. The molecule has 0 aliphatic rings. The minimum Gasteiger partial charge on any atom is -0.339 e. The predicted octanol–water partition coefficient (Wildman–Crippen LogP) is 5.33. The number of benzene rings is 2. The monoisotopic (exact) mass is 476 g/mol. The van der Waals surface area contributed by atoms with E-state index in [1.807, 2.05) is 36.5 Å². The zero-order valence-electron chi connectivity index (χ0n) is 18.6. The third-order valence-electron chi connectivity index (χ3n) is 5.74. The van der Waals surface area contributed by atoms with Crippen LogP contribution in [0.2, 0.25) is 0 Å². The van der Waals surface area contributed by atoms with E-state index in [-0.39, 0.29) is 0 Å². The molecule has 0 unspecified atom stereocenters. The van der Waals surface area contributed by atoms with Gasteiger partial charge in [0.05, 0.1) is 5.69 Å². The van der Waals surface area contributed by atoms with E-state index < -0.39 is 10.0 Å². The standard InChI is InChI=1S/C25H24N4O2S2/c1-28(2)16-17-7-4-5-8-19(17)20-12-13-26-25-24(20)21-15-18(10-11-22(21)27-25)29(3)33(30,31)23-9-6-14-32-23/h4-15H,16H2,1-3H3,(H,26,27).